The summed E-state index contributed by atoms with van der Waals surface area (Å²) >= 11 is 0. The van der Waals surface area contributed by atoms with Gasteiger partial charge in [-0.15, -0.1) is 0 Å². The van der Waals surface area contributed by atoms with E-state index in [9.17, 15) is 44.2 Å². The second-order valence-corrected chi connectivity index (χ2v) is 19.7. The molecule has 2 rings (SSSR count). The van der Waals surface area contributed by atoms with E-state index in [-0.39, 0.29) is 0 Å². The molecule has 0 radical (unpaired) electrons. The molecule has 2 saturated heterocycles. The Hall–Kier alpha value is -4.38. The van der Waals surface area contributed by atoms with Crippen LogP contribution in [0.5, 0.6) is 0 Å². The maximum atomic E-state index is 13.9. The minimum atomic E-state index is -2.76. The first-order valence-corrected chi connectivity index (χ1v) is 20.7. The third kappa shape index (κ3) is 13.3. The molecule has 0 spiro atoms. The summed E-state index contributed by atoms with van der Waals surface area (Å²) in [6.07, 6.45) is -13.8. The summed E-state index contributed by atoms with van der Waals surface area (Å²) in [4.78, 5) is 90.7. The molecule has 2 N–H and O–H groups in total. The minimum absolute atomic E-state index is 0.412. The third-order valence-electron chi connectivity index (χ3n) is 9.32. The van der Waals surface area contributed by atoms with Crippen LogP contribution in [0.3, 0.4) is 0 Å². The number of carbonyl (C=O) groups is 7. The zero-order valence-electron chi connectivity index (χ0n) is 34.1. The molecule has 22 nitrogen and oxygen atoms in total. The van der Waals surface area contributed by atoms with E-state index in [4.69, 9.17) is 47.1 Å². The van der Waals surface area contributed by atoms with Gasteiger partial charge in [0.25, 0.3) is 5.79 Å². The van der Waals surface area contributed by atoms with E-state index < -0.39 is 142 Å². The number of esters is 6. The highest BCUT2D eigenvalue weighted by molar-refractivity contribution is 6.74. The molecule has 0 aromatic heterocycles. The van der Waals surface area contributed by atoms with E-state index in [1.165, 1.54) is 0 Å². The molecule has 2 heterocycles. The lowest BCUT2D eigenvalue weighted by molar-refractivity contribution is -0.328. The zero-order valence-corrected chi connectivity index (χ0v) is 35.1. The number of nitrogens with zero attached hydrogens (tertiary/aromatic N) is 3. The maximum absolute atomic E-state index is 13.9. The van der Waals surface area contributed by atoms with Gasteiger partial charge in [-0.1, -0.05) is 25.9 Å². The molecule has 1 amide bonds. The molecule has 2 aliphatic heterocycles. The van der Waals surface area contributed by atoms with Crippen LogP contribution in [-0.4, -0.2) is 142 Å². The largest absolute Gasteiger partial charge is 0.465 e. The molecule has 0 aromatic carbocycles. The van der Waals surface area contributed by atoms with Gasteiger partial charge in [0.05, 0.1) is 26.2 Å². The van der Waals surface area contributed by atoms with E-state index in [1.54, 1.807) is 0 Å². The van der Waals surface area contributed by atoms with E-state index in [1.807, 2.05) is 33.9 Å². The lowest BCUT2D eigenvalue weighted by atomic mass is 9.87. The average molecular weight is 835 g/mol. The molecule has 0 aliphatic carbocycles. The predicted octanol–water partition coefficient (Wildman–Crippen LogP) is 1.24. The monoisotopic (exact) mass is 834 g/mol. The molecule has 2 aliphatic rings. The Bertz CT molecular complexity index is 1550. The Morgan fingerprint density at radius 1 is 0.947 bits per heavy atom. The highest BCUT2D eigenvalue weighted by Gasteiger charge is 2.60. The Balaban J connectivity index is 2.81. The van der Waals surface area contributed by atoms with Gasteiger partial charge in [0.2, 0.25) is 5.91 Å². The average Bonchev–Trinajstić information content (AvgIpc) is 3.06. The second kappa shape index (κ2) is 20.3. The molecule has 0 unspecified atom stereocenters. The topological polar surface area (TPSA) is 293 Å². The number of methoxy groups -OCH3 is 1. The Labute approximate surface area is 330 Å². The molecule has 11 atom stereocenters. The smallest absolute Gasteiger partial charge is 0.366 e. The van der Waals surface area contributed by atoms with Crippen LogP contribution in [-0.2, 0) is 80.6 Å². The van der Waals surface area contributed by atoms with Crippen molar-refractivity contribution in [2.45, 2.75) is 154 Å². The summed E-state index contributed by atoms with van der Waals surface area (Å²) in [5, 5.41) is 17.4. The number of aliphatic hydroxyl groups excluding tert-OH is 1. The summed E-state index contributed by atoms with van der Waals surface area (Å²) in [6.45, 7) is 14.3. The van der Waals surface area contributed by atoms with Crippen molar-refractivity contribution in [2.75, 3.05) is 20.3 Å². The first-order chi connectivity index (χ1) is 26.3. The second-order valence-electron chi connectivity index (χ2n) is 14.9. The van der Waals surface area contributed by atoms with Gasteiger partial charge in [-0.2, -0.15) is 0 Å². The summed E-state index contributed by atoms with van der Waals surface area (Å²) in [5.41, 5.74) is 9.43. The molecule has 322 valence electrons. The van der Waals surface area contributed by atoms with Crippen LogP contribution in [0.15, 0.2) is 5.11 Å². The number of amides is 1. The molecular formula is C34H54N4O18Si. The molecule has 0 aromatic rings. The fourth-order valence-electron chi connectivity index (χ4n) is 5.88. The number of ether oxygens (including phenoxy) is 9. The van der Waals surface area contributed by atoms with Gasteiger partial charge in [0, 0.05) is 46.5 Å². The number of hydrogen-bond donors (Lipinski definition) is 2. The highest BCUT2D eigenvalue weighted by Crippen LogP contribution is 2.41. The van der Waals surface area contributed by atoms with Crippen LogP contribution >= 0.6 is 0 Å². The van der Waals surface area contributed by atoms with Crippen LogP contribution in [0.1, 0.15) is 68.7 Å². The van der Waals surface area contributed by atoms with Crippen molar-refractivity contribution < 1.29 is 85.7 Å². The van der Waals surface area contributed by atoms with E-state index in [2.05, 4.69) is 15.3 Å². The molecule has 0 saturated carbocycles. The van der Waals surface area contributed by atoms with Crippen LogP contribution in [0.25, 0.3) is 10.4 Å². The van der Waals surface area contributed by atoms with Crippen molar-refractivity contribution in [1.29, 1.82) is 0 Å². The van der Waals surface area contributed by atoms with Gasteiger partial charge in [-0.05, 0) is 23.7 Å². The summed E-state index contributed by atoms with van der Waals surface area (Å²) < 4.78 is 57.0. The fourth-order valence-corrected chi connectivity index (χ4v) is 7.01. The highest BCUT2D eigenvalue weighted by atomic mass is 28.4. The van der Waals surface area contributed by atoms with Crippen LogP contribution < -0.4 is 5.32 Å². The Morgan fingerprint density at radius 3 is 2.02 bits per heavy atom. The van der Waals surface area contributed by atoms with Crippen molar-refractivity contribution in [1.82, 2.24) is 5.32 Å². The Kier molecular flexibility index (Phi) is 17.4. The van der Waals surface area contributed by atoms with Gasteiger partial charge in [0.15, 0.2) is 26.8 Å². The van der Waals surface area contributed by atoms with Crippen molar-refractivity contribution >= 4 is 50.0 Å². The number of rotatable bonds is 16. The van der Waals surface area contributed by atoms with Crippen LogP contribution in [0, 0.1) is 0 Å². The Morgan fingerprint density at radius 2 is 1.54 bits per heavy atom. The van der Waals surface area contributed by atoms with Gasteiger partial charge in [-0.3, -0.25) is 28.8 Å². The fraction of sp³-hybridized carbons (Fsp3) is 0.794. The SMILES string of the molecule is COC(=O)[C@@]1(OC[C@H]2O[C@@H](O[Si](C)(C)C(C)(C)C)[C@H](N=[N+]=[N-])[C@@H](OC(C)=O)[C@H]2O)C[C@H](OC(C)=O)[C@@H](NC(C)=O)[C@H]([C@H](OC(C)=O)[C@@H](COC(C)=O)OC(C)=O)O1. The lowest BCUT2D eigenvalue weighted by Crippen LogP contribution is -2.70. The van der Waals surface area contributed by atoms with Crippen LogP contribution in [0.4, 0.5) is 0 Å². The van der Waals surface area contributed by atoms with Gasteiger partial charge in [0.1, 0.15) is 43.2 Å². The van der Waals surface area contributed by atoms with Gasteiger partial charge < -0.3 is 57.5 Å². The molecule has 23 heteroatoms. The number of hydrogen-bond acceptors (Lipinski definition) is 19. The summed E-state index contributed by atoms with van der Waals surface area (Å²) in [6, 6.07) is -2.86. The number of carbonyl (C=O) groups excluding carboxylic acids is 7. The first-order valence-electron chi connectivity index (χ1n) is 17.8. The normalized spacial score (nSPS) is 28.6. The molecule has 2 fully saturated rings. The van der Waals surface area contributed by atoms with E-state index in [0.717, 1.165) is 48.7 Å². The minimum Gasteiger partial charge on any atom is -0.465 e. The lowest BCUT2D eigenvalue weighted by Gasteiger charge is -2.49. The zero-order chi connectivity index (χ0) is 43.6. The van der Waals surface area contributed by atoms with E-state index >= 15 is 0 Å². The number of azide groups is 1. The van der Waals surface area contributed by atoms with Gasteiger partial charge in [-0.25, -0.2) is 4.79 Å². The number of aliphatic hydroxyl groups is 1. The summed E-state index contributed by atoms with van der Waals surface area (Å²) in [5.74, 6) is -9.12. The summed E-state index contributed by atoms with van der Waals surface area (Å²) in [7, 11) is -1.79. The molecular weight excluding hydrogens is 780 g/mol. The van der Waals surface area contributed by atoms with Crippen molar-refractivity contribution in [3.05, 3.63) is 10.4 Å². The maximum Gasteiger partial charge on any atom is 0.366 e. The first kappa shape index (κ1) is 48.8. The standard InChI is InChI=1S/C34H54N4O18Si/c1-16(39)36-25-22(50-18(3)41)13-34(32(46)47-10,55-30(25)28(52-20(5)43)24(51-19(4)42)14-48-17(2)40)49-15-23-27(45)29(53-21(6)44)26(37-38-35)31(54-23)56-57(11,12)33(7,8)9/h22-31,45H,13-15H2,1-12H3,(H,36,39)/t22-,23+,24+,25+,26+,27-,28+,29+,30+,31-,34+/m0/s1. The van der Waals surface area contributed by atoms with E-state index in [0.29, 0.717) is 0 Å². The predicted molar refractivity (Wildman–Crippen MR) is 193 cm³/mol. The van der Waals surface area contributed by atoms with Crippen molar-refractivity contribution in [2.24, 2.45) is 5.11 Å². The molecule has 0 bridgehead atoms. The quantitative estimate of drug-likeness (QED) is 0.0552. The molecule has 57 heavy (non-hydrogen) atoms. The van der Waals surface area contributed by atoms with Crippen LogP contribution in [0.2, 0.25) is 18.1 Å². The van der Waals surface area contributed by atoms with Crippen molar-refractivity contribution in [3.63, 3.8) is 0 Å². The number of nitrogens with one attached hydrogen (secondary N) is 1. The third-order valence-corrected chi connectivity index (χ3v) is 13.8. The van der Waals surface area contributed by atoms with Gasteiger partial charge >= 0.3 is 35.8 Å². The van der Waals surface area contributed by atoms with Crippen molar-refractivity contribution in [3.8, 4) is 0 Å².